The molecular formula is C36H41N5O3. The summed E-state index contributed by atoms with van der Waals surface area (Å²) in [6.45, 7) is 6.09. The monoisotopic (exact) mass is 591 g/mol. The maximum atomic E-state index is 14.5. The van der Waals surface area contributed by atoms with Gasteiger partial charge in [0.15, 0.2) is 5.69 Å². The zero-order valence-electron chi connectivity index (χ0n) is 25.2. The second-order valence-corrected chi connectivity index (χ2v) is 12.3. The van der Waals surface area contributed by atoms with Crippen molar-refractivity contribution < 1.29 is 14.6 Å². The first-order chi connectivity index (χ1) is 21.6. The number of morpholine rings is 1. The van der Waals surface area contributed by atoms with Crippen molar-refractivity contribution in [1.82, 2.24) is 19.4 Å². The molecule has 2 aliphatic heterocycles. The van der Waals surface area contributed by atoms with Crippen LogP contribution in [0.1, 0.15) is 35.3 Å². The Kier molecular flexibility index (Phi) is 8.46. The van der Waals surface area contributed by atoms with Gasteiger partial charge in [0.05, 0.1) is 25.0 Å². The molecule has 3 heterocycles. The number of nitrogens with zero attached hydrogens (tertiary/aromatic N) is 5. The molecule has 4 aromatic rings. The fourth-order valence-electron chi connectivity index (χ4n) is 6.70. The van der Waals surface area contributed by atoms with E-state index in [2.05, 4.69) is 58.3 Å². The number of anilines is 1. The van der Waals surface area contributed by atoms with Gasteiger partial charge in [0, 0.05) is 62.2 Å². The second kappa shape index (κ2) is 12.9. The molecule has 3 fully saturated rings. The van der Waals surface area contributed by atoms with E-state index in [-0.39, 0.29) is 18.1 Å². The number of imidazole rings is 1. The number of amides is 1. The van der Waals surface area contributed by atoms with E-state index in [0.29, 0.717) is 24.6 Å². The van der Waals surface area contributed by atoms with E-state index < -0.39 is 0 Å². The van der Waals surface area contributed by atoms with Crippen LogP contribution in [0.3, 0.4) is 0 Å². The number of rotatable bonds is 9. The minimum absolute atomic E-state index is 0.0701. The number of aliphatic hydroxyl groups is 1. The number of carbonyl (C=O) groups excluding carboxylic acids is 1. The summed E-state index contributed by atoms with van der Waals surface area (Å²) >= 11 is 0. The van der Waals surface area contributed by atoms with E-state index in [1.807, 2.05) is 45.9 Å². The molecule has 0 radical (unpaired) electrons. The molecular weight excluding hydrogens is 550 g/mol. The summed E-state index contributed by atoms with van der Waals surface area (Å²) < 4.78 is 7.62. The van der Waals surface area contributed by atoms with Crippen molar-refractivity contribution in [3.8, 4) is 16.9 Å². The van der Waals surface area contributed by atoms with E-state index >= 15 is 0 Å². The molecule has 7 rings (SSSR count). The Hall–Kier alpha value is -3.98. The summed E-state index contributed by atoms with van der Waals surface area (Å²) in [6.07, 6.45) is 4.13. The van der Waals surface area contributed by atoms with Crippen molar-refractivity contribution in [2.24, 2.45) is 5.92 Å². The Balaban J connectivity index is 1.20. The summed E-state index contributed by atoms with van der Waals surface area (Å²) in [5, 5.41) is 11.0. The van der Waals surface area contributed by atoms with E-state index in [4.69, 9.17) is 9.72 Å². The van der Waals surface area contributed by atoms with Crippen molar-refractivity contribution >= 4 is 11.6 Å². The van der Waals surface area contributed by atoms with Gasteiger partial charge in [-0.15, -0.1) is 0 Å². The molecule has 2 saturated heterocycles. The maximum Gasteiger partial charge on any atom is 0.275 e. The van der Waals surface area contributed by atoms with Crippen molar-refractivity contribution in [1.29, 1.82) is 0 Å². The van der Waals surface area contributed by atoms with Crippen LogP contribution in [0, 0.1) is 5.92 Å². The Labute approximate surface area is 259 Å². The molecule has 1 saturated carbocycles. The first-order valence-electron chi connectivity index (χ1n) is 16.0. The van der Waals surface area contributed by atoms with Crippen LogP contribution in [0.5, 0.6) is 0 Å². The molecule has 8 heteroatoms. The number of hydrogen-bond acceptors (Lipinski definition) is 6. The molecule has 3 aliphatic rings. The van der Waals surface area contributed by atoms with Crippen molar-refractivity contribution in [2.45, 2.75) is 38.0 Å². The molecule has 44 heavy (non-hydrogen) atoms. The summed E-state index contributed by atoms with van der Waals surface area (Å²) in [6, 6.07) is 28.9. The summed E-state index contributed by atoms with van der Waals surface area (Å²) in [4.78, 5) is 26.1. The number of aromatic nitrogens is 2. The summed E-state index contributed by atoms with van der Waals surface area (Å²) in [5.74, 6) is 0.286. The highest BCUT2D eigenvalue weighted by atomic mass is 16.5. The second-order valence-electron chi connectivity index (χ2n) is 12.3. The zero-order chi connectivity index (χ0) is 29.9. The number of carbonyl (C=O) groups is 1. The van der Waals surface area contributed by atoms with Gasteiger partial charge in [-0.3, -0.25) is 14.3 Å². The average molecular weight is 592 g/mol. The number of hydrogen-bond donors (Lipinski definition) is 1. The summed E-state index contributed by atoms with van der Waals surface area (Å²) in [5.41, 5.74) is 5.56. The Morgan fingerprint density at radius 1 is 0.886 bits per heavy atom. The quantitative estimate of drug-likeness (QED) is 0.300. The Bertz CT molecular complexity index is 1550. The van der Waals surface area contributed by atoms with E-state index in [9.17, 15) is 9.90 Å². The minimum atomic E-state index is -0.388. The lowest BCUT2D eigenvalue weighted by Gasteiger charge is -2.42. The number of piperazine rings is 1. The fraction of sp³-hybridized carbons (Fsp3) is 0.389. The van der Waals surface area contributed by atoms with Gasteiger partial charge in [0.1, 0.15) is 6.33 Å². The molecule has 8 nitrogen and oxygen atoms in total. The third-order valence-electron chi connectivity index (χ3n) is 9.26. The minimum Gasteiger partial charge on any atom is -0.393 e. The molecule has 1 amide bonds. The van der Waals surface area contributed by atoms with Crippen LogP contribution in [0.2, 0.25) is 0 Å². The average Bonchev–Trinajstić information content (AvgIpc) is 3.84. The normalized spacial score (nSPS) is 20.1. The van der Waals surface area contributed by atoms with Crippen LogP contribution in [-0.4, -0.2) is 88.4 Å². The third-order valence-corrected chi connectivity index (χ3v) is 9.26. The zero-order valence-corrected chi connectivity index (χ0v) is 25.2. The van der Waals surface area contributed by atoms with Crippen LogP contribution >= 0.6 is 0 Å². The molecule has 1 N–H and O–H groups in total. The van der Waals surface area contributed by atoms with Gasteiger partial charge in [-0.1, -0.05) is 66.7 Å². The first-order valence-corrected chi connectivity index (χ1v) is 16.0. The first kappa shape index (κ1) is 28.8. The molecule has 228 valence electrons. The van der Waals surface area contributed by atoms with Gasteiger partial charge in [-0.05, 0) is 48.9 Å². The van der Waals surface area contributed by atoms with Gasteiger partial charge >= 0.3 is 0 Å². The standard InChI is InChI=1S/C36H41N5O3/c42-33(28-14-15-28)23-32-25-38(24-27-8-3-1-4-9-27)16-17-40(32)36(43)34-35(29-10-5-2-6-11-29)41(26-37-34)31-13-7-12-30(22-31)39-18-20-44-21-19-39/h1-13,22,26,28,32-33,42H,14-21,23-25H2/t32-,33-/m1/s1. The van der Waals surface area contributed by atoms with E-state index in [1.165, 1.54) is 5.56 Å². The Morgan fingerprint density at radius 2 is 1.61 bits per heavy atom. The van der Waals surface area contributed by atoms with Crippen molar-refractivity contribution in [2.75, 3.05) is 50.8 Å². The van der Waals surface area contributed by atoms with Crippen molar-refractivity contribution in [3.63, 3.8) is 0 Å². The molecule has 0 spiro atoms. The van der Waals surface area contributed by atoms with Crippen molar-refractivity contribution in [3.05, 3.63) is 103 Å². The number of ether oxygens (including phenoxy) is 1. The Morgan fingerprint density at radius 3 is 2.36 bits per heavy atom. The van der Waals surface area contributed by atoms with Gasteiger partial charge in [0.2, 0.25) is 0 Å². The van der Waals surface area contributed by atoms with E-state index in [0.717, 1.165) is 81.4 Å². The molecule has 2 atom stereocenters. The molecule has 1 aliphatic carbocycles. The SMILES string of the molecule is O=C(c1ncn(-c2cccc(N3CCOCC3)c2)c1-c1ccccc1)N1CCN(Cc2ccccc2)C[C@H]1C[C@@H](O)C1CC1. The van der Waals surface area contributed by atoms with Gasteiger partial charge in [-0.25, -0.2) is 4.98 Å². The number of aliphatic hydroxyl groups excluding tert-OH is 1. The van der Waals surface area contributed by atoms with Gasteiger partial charge in [-0.2, -0.15) is 0 Å². The lowest BCUT2D eigenvalue weighted by molar-refractivity contribution is 0.0244. The van der Waals surface area contributed by atoms with Crippen LogP contribution in [0.15, 0.2) is 91.3 Å². The van der Waals surface area contributed by atoms with Crippen LogP contribution in [0.25, 0.3) is 16.9 Å². The fourth-order valence-corrected chi connectivity index (χ4v) is 6.70. The smallest absolute Gasteiger partial charge is 0.275 e. The van der Waals surface area contributed by atoms with Crippen LogP contribution in [-0.2, 0) is 11.3 Å². The molecule has 0 unspecified atom stereocenters. The van der Waals surface area contributed by atoms with Crippen LogP contribution in [0.4, 0.5) is 5.69 Å². The molecule has 1 aromatic heterocycles. The topological polar surface area (TPSA) is 74.1 Å². The van der Waals surface area contributed by atoms with E-state index in [1.54, 1.807) is 6.33 Å². The highest BCUT2D eigenvalue weighted by Crippen LogP contribution is 2.36. The lowest BCUT2D eigenvalue weighted by atomic mass is 10.00. The van der Waals surface area contributed by atoms with Gasteiger partial charge in [0.25, 0.3) is 5.91 Å². The predicted molar refractivity (Wildman–Crippen MR) is 172 cm³/mol. The third kappa shape index (κ3) is 6.29. The largest absolute Gasteiger partial charge is 0.393 e. The van der Waals surface area contributed by atoms with Gasteiger partial charge < -0.3 is 19.6 Å². The van der Waals surface area contributed by atoms with Crippen LogP contribution < -0.4 is 4.90 Å². The maximum absolute atomic E-state index is 14.5. The molecule has 3 aromatic carbocycles. The highest BCUT2D eigenvalue weighted by molar-refractivity contribution is 5.99. The summed E-state index contributed by atoms with van der Waals surface area (Å²) in [7, 11) is 0. The lowest BCUT2D eigenvalue weighted by Crippen LogP contribution is -2.56. The molecule has 0 bridgehead atoms. The highest BCUT2D eigenvalue weighted by Gasteiger charge is 2.38. The predicted octanol–water partition coefficient (Wildman–Crippen LogP) is 4.86. The number of benzene rings is 3.